The van der Waals surface area contributed by atoms with E-state index in [0.717, 1.165) is 11.4 Å². The zero-order chi connectivity index (χ0) is 45.9. The van der Waals surface area contributed by atoms with E-state index in [1.165, 1.54) is 117 Å². The van der Waals surface area contributed by atoms with E-state index < -0.39 is 5.41 Å². The van der Waals surface area contributed by atoms with Crippen molar-refractivity contribution < 1.29 is 0 Å². The second-order valence-corrected chi connectivity index (χ2v) is 19.1. The number of hydrogen-bond donors (Lipinski definition) is 0. The van der Waals surface area contributed by atoms with Crippen molar-refractivity contribution >= 4 is 57.2 Å². The topological polar surface area (TPSA) is 6.48 Å². The van der Waals surface area contributed by atoms with Crippen LogP contribution in [0.5, 0.6) is 0 Å². The summed E-state index contributed by atoms with van der Waals surface area (Å²) in [5.74, 6) is 0. The summed E-state index contributed by atoms with van der Waals surface area (Å²) < 4.78 is 0. The molecule has 2 heterocycles. The molecule has 0 saturated heterocycles. The van der Waals surface area contributed by atoms with E-state index in [1.54, 1.807) is 0 Å². The summed E-state index contributed by atoms with van der Waals surface area (Å²) in [5.41, 5.74) is 28.4. The summed E-state index contributed by atoms with van der Waals surface area (Å²) in [6.07, 6.45) is 0. The molecule has 1 spiro atoms. The largest absolute Gasteiger partial charge is 0.311 e. The summed E-state index contributed by atoms with van der Waals surface area (Å²) in [7, 11) is 0. The fourth-order valence-corrected chi connectivity index (χ4v) is 12.8. The van der Waals surface area contributed by atoms with Crippen molar-refractivity contribution in [3.8, 4) is 55.6 Å². The summed E-state index contributed by atoms with van der Waals surface area (Å²) in [4.78, 5) is 5.10. The molecule has 0 saturated carbocycles. The molecule has 0 N–H and O–H groups in total. The van der Waals surface area contributed by atoms with Crippen LogP contribution < -0.4 is 26.2 Å². The van der Waals surface area contributed by atoms with Gasteiger partial charge in [0.2, 0.25) is 0 Å². The van der Waals surface area contributed by atoms with Gasteiger partial charge in [-0.15, -0.1) is 0 Å². The van der Waals surface area contributed by atoms with Crippen LogP contribution in [0, 0.1) is 0 Å². The minimum Gasteiger partial charge on any atom is -0.311 e. The second-order valence-electron chi connectivity index (χ2n) is 19.1. The normalized spacial score (nSPS) is 13.7. The number of nitrogens with zero attached hydrogens (tertiary/aromatic N) is 2. The van der Waals surface area contributed by atoms with Gasteiger partial charge in [0.15, 0.2) is 0 Å². The first-order chi connectivity index (χ1) is 34.7. The molecule has 0 atom stereocenters. The van der Waals surface area contributed by atoms with Crippen LogP contribution in [-0.2, 0) is 5.41 Å². The maximum atomic E-state index is 2.56. The molecular weight excluding hydrogens is 844 g/mol. The van der Waals surface area contributed by atoms with Gasteiger partial charge in [0.05, 0.1) is 5.41 Å². The highest BCUT2D eigenvalue weighted by Gasteiger charge is 2.52. The molecular formula is C67H43BN2. The Bertz CT molecular complexity index is 3810. The molecule has 4 aliphatic rings. The molecule has 70 heavy (non-hydrogen) atoms. The highest BCUT2D eigenvalue weighted by Crippen LogP contribution is 2.63. The molecule has 11 aromatic rings. The smallest absolute Gasteiger partial charge is 0.252 e. The quantitative estimate of drug-likeness (QED) is 0.159. The lowest BCUT2D eigenvalue weighted by molar-refractivity contribution is 0.794. The predicted molar refractivity (Wildman–Crippen MR) is 293 cm³/mol. The molecule has 2 aliphatic heterocycles. The Morgan fingerprint density at radius 1 is 0.257 bits per heavy atom. The van der Waals surface area contributed by atoms with E-state index in [0.29, 0.717) is 0 Å². The first-order valence-electron chi connectivity index (χ1n) is 24.5. The van der Waals surface area contributed by atoms with Crippen LogP contribution in [0.4, 0.5) is 34.1 Å². The first kappa shape index (κ1) is 39.1. The molecule has 324 valence electrons. The molecule has 0 aromatic heterocycles. The fourth-order valence-electron chi connectivity index (χ4n) is 12.8. The maximum absolute atomic E-state index is 2.56. The van der Waals surface area contributed by atoms with E-state index in [-0.39, 0.29) is 6.71 Å². The molecule has 0 unspecified atom stereocenters. The van der Waals surface area contributed by atoms with E-state index in [9.17, 15) is 0 Å². The third kappa shape index (κ3) is 5.46. The number of para-hydroxylation sites is 1. The standard InChI is InChI=1S/C67H43BN2/c1-4-19-44(20-5-1)47-35-38-61-65(42-47)70(51-40-48(45-21-6-2-7-22-45)39-49(41-51)46-23-8-3-9-24-46)64-34-18-33-63-66(64)68(61)60-31-16-17-32-62(60)69(63)50-36-37-59-55(43-50)54-27-12-15-30-58(54)67(59)56-28-13-10-25-52(56)53-26-11-14-29-57(53)67/h1-43H. The van der Waals surface area contributed by atoms with Crippen molar-refractivity contribution in [2.45, 2.75) is 5.41 Å². The molecule has 0 fully saturated rings. The van der Waals surface area contributed by atoms with Crippen LogP contribution in [0.25, 0.3) is 55.6 Å². The van der Waals surface area contributed by atoms with Crippen LogP contribution >= 0.6 is 0 Å². The van der Waals surface area contributed by atoms with Crippen molar-refractivity contribution in [1.29, 1.82) is 0 Å². The van der Waals surface area contributed by atoms with Crippen molar-refractivity contribution in [3.63, 3.8) is 0 Å². The third-order valence-electron chi connectivity index (χ3n) is 15.6. The minimum atomic E-state index is -0.399. The van der Waals surface area contributed by atoms with Crippen molar-refractivity contribution in [3.05, 3.63) is 283 Å². The Morgan fingerprint density at radius 2 is 0.714 bits per heavy atom. The first-order valence-corrected chi connectivity index (χ1v) is 24.5. The Kier molecular flexibility index (Phi) is 8.41. The Morgan fingerprint density at radius 3 is 1.31 bits per heavy atom. The summed E-state index contributed by atoms with van der Waals surface area (Å²) in [6.45, 7) is 0.00513. The van der Waals surface area contributed by atoms with Crippen molar-refractivity contribution in [1.82, 2.24) is 0 Å². The SMILES string of the molecule is c1ccc(-c2cc(-c3ccccc3)cc(N3c4cc(-c5ccccc5)ccc4B4c5ccccc5N(c5ccc6c(c5)-c5ccccc5C65c6ccccc6-c6ccccc65)c5cccc3c54)c2)cc1. The maximum Gasteiger partial charge on any atom is 0.252 e. The van der Waals surface area contributed by atoms with Gasteiger partial charge in [0.1, 0.15) is 0 Å². The van der Waals surface area contributed by atoms with Crippen LogP contribution in [-0.4, -0.2) is 6.71 Å². The predicted octanol–water partition coefficient (Wildman–Crippen LogP) is 15.1. The number of benzene rings is 11. The monoisotopic (exact) mass is 886 g/mol. The molecule has 0 amide bonds. The van der Waals surface area contributed by atoms with Gasteiger partial charge in [0.25, 0.3) is 6.71 Å². The van der Waals surface area contributed by atoms with Gasteiger partial charge in [-0.1, -0.05) is 206 Å². The van der Waals surface area contributed by atoms with Crippen LogP contribution in [0.15, 0.2) is 261 Å². The minimum absolute atomic E-state index is 0.00513. The number of fused-ring (bicyclic) bond motifs is 14. The number of rotatable bonds is 5. The molecule has 3 heteroatoms. The zero-order valence-electron chi connectivity index (χ0n) is 38.3. The second kappa shape index (κ2) is 15.0. The van der Waals surface area contributed by atoms with Crippen LogP contribution in [0.2, 0.25) is 0 Å². The molecule has 15 rings (SSSR count). The molecule has 0 radical (unpaired) electrons. The van der Waals surface area contributed by atoms with Gasteiger partial charge in [-0.25, -0.2) is 0 Å². The van der Waals surface area contributed by atoms with Crippen LogP contribution in [0.1, 0.15) is 22.3 Å². The fraction of sp³-hybridized carbons (Fsp3) is 0.0149. The van der Waals surface area contributed by atoms with E-state index in [1.807, 2.05) is 0 Å². The van der Waals surface area contributed by atoms with Crippen molar-refractivity contribution in [2.24, 2.45) is 0 Å². The van der Waals surface area contributed by atoms with Gasteiger partial charge in [-0.05, 0) is 149 Å². The third-order valence-corrected chi connectivity index (χ3v) is 15.6. The van der Waals surface area contributed by atoms with Gasteiger partial charge in [-0.2, -0.15) is 0 Å². The summed E-state index contributed by atoms with van der Waals surface area (Å²) in [5, 5.41) is 0. The van der Waals surface area contributed by atoms with Gasteiger partial charge in [-0.3, -0.25) is 0 Å². The molecule has 2 aliphatic carbocycles. The lowest BCUT2D eigenvalue weighted by Crippen LogP contribution is -2.61. The molecule has 11 aromatic carbocycles. The molecule has 0 bridgehead atoms. The summed E-state index contributed by atoms with van der Waals surface area (Å²) in [6, 6.07) is 97.5. The Labute approximate surface area is 409 Å². The van der Waals surface area contributed by atoms with Crippen LogP contribution in [0.3, 0.4) is 0 Å². The number of hydrogen-bond acceptors (Lipinski definition) is 2. The average molecular weight is 887 g/mol. The average Bonchev–Trinajstić information content (AvgIpc) is 3.90. The van der Waals surface area contributed by atoms with Gasteiger partial charge in [0, 0.05) is 34.1 Å². The Hall–Kier alpha value is -8.92. The summed E-state index contributed by atoms with van der Waals surface area (Å²) >= 11 is 0. The van der Waals surface area contributed by atoms with E-state index in [2.05, 4.69) is 271 Å². The zero-order valence-corrected chi connectivity index (χ0v) is 38.3. The highest BCUT2D eigenvalue weighted by molar-refractivity contribution is 7.00. The Balaban J connectivity index is 0.973. The highest BCUT2D eigenvalue weighted by atomic mass is 15.2. The van der Waals surface area contributed by atoms with Gasteiger partial charge >= 0.3 is 0 Å². The van der Waals surface area contributed by atoms with Crippen molar-refractivity contribution in [2.75, 3.05) is 9.80 Å². The molecule has 2 nitrogen and oxygen atoms in total. The van der Waals surface area contributed by atoms with E-state index in [4.69, 9.17) is 0 Å². The van der Waals surface area contributed by atoms with Gasteiger partial charge < -0.3 is 9.80 Å². The van der Waals surface area contributed by atoms with E-state index >= 15 is 0 Å². The lowest BCUT2D eigenvalue weighted by atomic mass is 9.33. The lowest BCUT2D eigenvalue weighted by Gasteiger charge is -2.44. The number of anilines is 6.